The number of aliphatic hydroxyl groups excluding tert-OH is 1. The summed E-state index contributed by atoms with van der Waals surface area (Å²) in [4.78, 5) is 45.3. The highest BCUT2D eigenvalue weighted by Crippen LogP contribution is 2.25. The summed E-state index contributed by atoms with van der Waals surface area (Å²) in [7, 11) is 0. The van der Waals surface area contributed by atoms with Crippen LogP contribution < -0.4 is 16.4 Å². The molecule has 1 aliphatic heterocycles. The zero-order chi connectivity index (χ0) is 19.7. The van der Waals surface area contributed by atoms with Crippen LogP contribution in [-0.2, 0) is 23.9 Å². The van der Waals surface area contributed by atoms with Crippen LogP contribution in [0.5, 0.6) is 0 Å². The van der Waals surface area contributed by atoms with Crippen molar-refractivity contribution >= 4 is 35.5 Å². The molecule has 0 spiro atoms. The third-order valence-electron chi connectivity index (χ3n) is 3.50. The maximum absolute atomic E-state index is 12.1. The first kappa shape index (κ1) is 22.2. The van der Waals surface area contributed by atoms with Crippen LogP contribution in [0.3, 0.4) is 0 Å². The molecule has 1 aliphatic rings. The first-order valence-electron chi connectivity index (χ1n) is 7.86. The lowest BCUT2D eigenvalue weighted by molar-refractivity contribution is -0.139. The van der Waals surface area contributed by atoms with Gasteiger partial charge in [-0.25, -0.2) is 0 Å². The van der Waals surface area contributed by atoms with Crippen molar-refractivity contribution in [1.29, 1.82) is 0 Å². The van der Waals surface area contributed by atoms with E-state index in [2.05, 4.69) is 10.6 Å². The van der Waals surface area contributed by atoms with Crippen LogP contribution in [0, 0.1) is 0 Å². The van der Waals surface area contributed by atoms with Gasteiger partial charge in [-0.2, -0.15) is 11.8 Å². The van der Waals surface area contributed by atoms with Crippen LogP contribution >= 0.6 is 11.8 Å². The third kappa shape index (κ3) is 8.47. The van der Waals surface area contributed by atoms with Gasteiger partial charge in [0.1, 0.15) is 18.6 Å². The van der Waals surface area contributed by atoms with Crippen molar-refractivity contribution in [3.63, 3.8) is 0 Å². The Balaban J connectivity index is 2.57. The number of ether oxygens (including phenoxy) is 1. The first-order chi connectivity index (χ1) is 12.2. The fourth-order valence-corrected chi connectivity index (χ4v) is 3.06. The highest BCUT2D eigenvalue weighted by molar-refractivity contribution is 8.00. The highest BCUT2D eigenvalue weighted by Gasteiger charge is 2.34. The van der Waals surface area contributed by atoms with Gasteiger partial charge in [-0.05, 0) is 6.42 Å². The number of carbonyl (C=O) groups is 4. The summed E-state index contributed by atoms with van der Waals surface area (Å²) < 4.78 is 5.09. The van der Waals surface area contributed by atoms with Crippen molar-refractivity contribution in [3.05, 3.63) is 0 Å². The second-order valence-electron chi connectivity index (χ2n) is 5.64. The molecule has 2 amide bonds. The number of hydrogen-bond donors (Lipinski definition) is 6. The van der Waals surface area contributed by atoms with Crippen molar-refractivity contribution in [2.75, 3.05) is 25.5 Å². The van der Waals surface area contributed by atoms with E-state index in [9.17, 15) is 24.3 Å². The van der Waals surface area contributed by atoms with E-state index < -0.39 is 42.4 Å². The molecule has 0 radical (unpaired) electrons. The molecule has 2 unspecified atom stereocenters. The molecule has 26 heavy (non-hydrogen) atoms. The molecule has 148 valence electrons. The topological polar surface area (TPSA) is 192 Å². The van der Waals surface area contributed by atoms with Crippen molar-refractivity contribution in [1.82, 2.24) is 10.6 Å². The van der Waals surface area contributed by atoms with Gasteiger partial charge >= 0.3 is 11.9 Å². The van der Waals surface area contributed by atoms with Gasteiger partial charge in [0.2, 0.25) is 11.8 Å². The zero-order valence-electron chi connectivity index (χ0n) is 13.9. The van der Waals surface area contributed by atoms with E-state index >= 15 is 0 Å². The number of nitrogens with two attached hydrogens (primary N) is 1. The number of rotatable bonds is 13. The molecular weight excluding hydrogens is 370 g/mol. The van der Waals surface area contributed by atoms with Crippen LogP contribution in [0.4, 0.5) is 0 Å². The number of epoxide rings is 1. The predicted octanol–water partition coefficient (Wildman–Crippen LogP) is -2.64. The number of amides is 2. The molecule has 7 N–H and O–H groups in total. The minimum atomic E-state index is -1.24. The van der Waals surface area contributed by atoms with Crippen molar-refractivity contribution < 1.29 is 39.2 Å². The van der Waals surface area contributed by atoms with Gasteiger partial charge < -0.3 is 36.4 Å². The molecule has 0 saturated carbocycles. The standard InChI is InChI=1S/C14H23N3O8S/c15-7(14(23)24)1-2-11(19)17-8(13(22)16-3-12(20)21)6-26-10(4-18)9-5-25-9/h7-10,18H,1-6,15H2,(H,16,22)(H,17,19)(H,20,21)(H,23,24)/t7-,8-,9?,10?/m0/s1. The Bertz CT molecular complexity index is 528. The summed E-state index contributed by atoms with van der Waals surface area (Å²) in [5.41, 5.74) is 5.32. The summed E-state index contributed by atoms with van der Waals surface area (Å²) in [5, 5.41) is 31.0. The largest absolute Gasteiger partial charge is 0.480 e. The Labute approximate surface area is 153 Å². The molecule has 0 aromatic heterocycles. The minimum Gasteiger partial charge on any atom is -0.480 e. The number of nitrogens with one attached hydrogen (secondary N) is 2. The smallest absolute Gasteiger partial charge is 0.322 e. The van der Waals surface area contributed by atoms with E-state index in [4.69, 9.17) is 20.7 Å². The van der Waals surface area contributed by atoms with Gasteiger partial charge in [0.25, 0.3) is 0 Å². The molecule has 1 fully saturated rings. The molecule has 0 bridgehead atoms. The Morgan fingerprint density at radius 3 is 2.42 bits per heavy atom. The number of carbonyl (C=O) groups excluding carboxylic acids is 2. The van der Waals surface area contributed by atoms with Crippen LogP contribution in [0.1, 0.15) is 12.8 Å². The van der Waals surface area contributed by atoms with Gasteiger partial charge in [0.15, 0.2) is 0 Å². The Morgan fingerprint density at radius 1 is 1.27 bits per heavy atom. The fourth-order valence-electron chi connectivity index (χ4n) is 1.91. The van der Waals surface area contributed by atoms with Gasteiger partial charge in [-0.1, -0.05) is 0 Å². The molecule has 4 atom stereocenters. The number of carboxylic acid groups (broad SMARTS) is 2. The Hall–Kier alpha value is -1.89. The normalized spacial score (nSPS) is 19.1. The fraction of sp³-hybridized carbons (Fsp3) is 0.714. The Morgan fingerprint density at radius 2 is 1.92 bits per heavy atom. The molecule has 0 aromatic rings. The van der Waals surface area contributed by atoms with Crippen LogP contribution in [-0.4, -0.2) is 88.0 Å². The van der Waals surface area contributed by atoms with E-state index in [-0.39, 0.29) is 36.6 Å². The lowest BCUT2D eigenvalue weighted by Crippen LogP contribution is -2.50. The number of aliphatic hydroxyl groups is 1. The van der Waals surface area contributed by atoms with E-state index in [1.165, 1.54) is 11.8 Å². The summed E-state index contributed by atoms with van der Waals surface area (Å²) in [5.74, 6) is -3.65. The second-order valence-corrected chi connectivity index (χ2v) is 6.91. The number of aliphatic carboxylic acids is 2. The number of hydrogen-bond acceptors (Lipinski definition) is 8. The molecule has 0 aromatic carbocycles. The highest BCUT2D eigenvalue weighted by atomic mass is 32.2. The monoisotopic (exact) mass is 393 g/mol. The summed E-state index contributed by atoms with van der Waals surface area (Å²) in [6.45, 7) is -0.261. The van der Waals surface area contributed by atoms with Crippen molar-refractivity contribution in [2.24, 2.45) is 5.73 Å². The zero-order valence-corrected chi connectivity index (χ0v) is 14.7. The predicted molar refractivity (Wildman–Crippen MR) is 90.5 cm³/mol. The van der Waals surface area contributed by atoms with Gasteiger partial charge in [0, 0.05) is 12.2 Å². The van der Waals surface area contributed by atoms with Crippen molar-refractivity contribution in [2.45, 2.75) is 36.3 Å². The molecule has 1 rings (SSSR count). The molecule has 12 heteroatoms. The third-order valence-corrected chi connectivity index (χ3v) is 4.90. The van der Waals surface area contributed by atoms with Gasteiger partial charge in [-0.3, -0.25) is 19.2 Å². The summed E-state index contributed by atoms with van der Waals surface area (Å²) >= 11 is 1.22. The molecular formula is C14H23N3O8S. The van der Waals surface area contributed by atoms with Crippen LogP contribution in [0.25, 0.3) is 0 Å². The quantitative estimate of drug-likeness (QED) is 0.180. The second kappa shape index (κ2) is 11.0. The van der Waals surface area contributed by atoms with E-state index in [0.29, 0.717) is 6.61 Å². The minimum absolute atomic E-state index is 0.0905. The number of thioether (sulfide) groups is 1. The number of carboxylic acids is 2. The van der Waals surface area contributed by atoms with E-state index in [0.717, 1.165) is 0 Å². The van der Waals surface area contributed by atoms with E-state index in [1.54, 1.807) is 0 Å². The average molecular weight is 393 g/mol. The lowest BCUT2D eigenvalue weighted by atomic mass is 10.1. The van der Waals surface area contributed by atoms with E-state index in [1.807, 2.05) is 0 Å². The average Bonchev–Trinajstić information content (AvgIpc) is 3.41. The summed E-state index contributed by atoms with van der Waals surface area (Å²) in [6, 6.07) is -2.24. The van der Waals surface area contributed by atoms with Crippen molar-refractivity contribution in [3.8, 4) is 0 Å². The molecule has 0 aliphatic carbocycles. The maximum Gasteiger partial charge on any atom is 0.322 e. The molecule has 1 heterocycles. The Kier molecular flexibility index (Phi) is 9.34. The van der Waals surface area contributed by atoms with Crippen LogP contribution in [0.15, 0.2) is 0 Å². The van der Waals surface area contributed by atoms with Gasteiger partial charge in [0.05, 0.1) is 24.6 Å². The molecule has 1 saturated heterocycles. The first-order valence-corrected chi connectivity index (χ1v) is 8.90. The lowest BCUT2D eigenvalue weighted by Gasteiger charge is -2.20. The SMILES string of the molecule is N[C@@H](CCC(=O)N[C@@H](CSC(CO)C1CO1)C(=O)NCC(=O)O)C(=O)O. The van der Waals surface area contributed by atoms with Gasteiger partial charge in [-0.15, -0.1) is 0 Å². The molecule has 11 nitrogen and oxygen atoms in total. The summed E-state index contributed by atoms with van der Waals surface area (Å²) in [6.07, 6.45) is -0.417. The maximum atomic E-state index is 12.1. The van der Waals surface area contributed by atoms with Crippen LogP contribution in [0.2, 0.25) is 0 Å².